The van der Waals surface area contributed by atoms with Gasteiger partial charge in [0.1, 0.15) is 11.6 Å². The van der Waals surface area contributed by atoms with Crippen LogP contribution >= 0.6 is 0 Å². The van der Waals surface area contributed by atoms with Gasteiger partial charge in [0.2, 0.25) is 11.6 Å². The molecule has 2 aromatic rings. The first kappa shape index (κ1) is 11.7. The van der Waals surface area contributed by atoms with Gasteiger partial charge in [-0.3, -0.25) is 15.1 Å². The quantitative estimate of drug-likeness (QED) is 0.658. The predicted octanol–water partition coefficient (Wildman–Crippen LogP) is 1.90. The van der Waals surface area contributed by atoms with E-state index in [0.29, 0.717) is 0 Å². The molecule has 0 bridgehead atoms. The first-order valence-corrected chi connectivity index (χ1v) is 4.75. The number of anilines is 1. The van der Waals surface area contributed by atoms with Gasteiger partial charge in [0, 0.05) is 12.1 Å². The summed E-state index contributed by atoms with van der Waals surface area (Å²) >= 11 is 0. The molecule has 0 aliphatic heterocycles. The second-order valence-electron chi connectivity index (χ2n) is 3.25. The molecule has 2 N–H and O–H groups in total. The molecule has 0 fully saturated rings. The van der Waals surface area contributed by atoms with E-state index in [4.69, 9.17) is 10.5 Å². The summed E-state index contributed by atoms with van der Waals surface area (Å²) in [5, 5.41) is 10.7. The zero-order valence-corrected chi connectivity index (χ0v) is 8.91. The van der Waals surface area contributed by atoms with Crippen LogP contribution in [0.1, 0.15) is 0 Å². The topological polar surface area (TPSA) is 104 Å². The minimum absolute atomic E-state index is 0.0521. The Kier molecular flexibility index (Phi) is 3.00. The zero-order chi connectivity index (χ0) is 13.1. The number of aromatic nitrogens is 2. The van der Waals surface area contributed by atoms with Crippen molar-refractivity contribution in [1.29, 1.82) is 0 Å². The third kappa shape index (κ3) is 2.48. The summed E-state index contributed by atoms with van der Waals surface area (Å²) in [6, 6.07) is 2.86. The molecule has 0 radical (unpaired) electrons. The number of nitrogens with zero attached hydrogens (tertiary/aromatic N) is 3. The molecule has 0 spiro atoms. The van der Waals surface area contributed by atoms with Crippen LogP contribution in [0.4, 0.5) is 15.9 Å². The molecule has 0 saturated heterocycles. The summed E-state index contributed by atoms with van der Waals surface area (Å²) in [5.41, 5.74) is 5.00. The number of nitrogen functional groups attached to an aromatic ring is 1. The van der Waals surface area contributed by atoms with E-state index in [0.717, 1.165) is 18.2 Å². The Morgan fingerprint density at radius 2 is 2.17 bits per heavy atom. The van der Waals surface area contributed by atoms with Crippen molar-refractivity contribution in [2.45, 2.75) is 0 Å². The summed E-state index contributed by atoms with van der Waals surface area (Å²) in [6.45, 7) is 0. The molecule has 0 aliphatic carbocycles. The van der Waals surface area contributed by atoms with Crippen molar-refractivity contribution in [1.82, 2.24) is 9.97 Å². The molecule has 0 aliphatic rings. The van der Waals surface area contributed by atoms with E-state index < -0.39 is 10.7 Å². The fourth-order valence-electron chi connectivity index (χ4n) is 1.24. The Bertz CT molecular complexity index is 605. The van der Waals surface area contributed by atoms with Crippen molar-refractivity contribution in [3.63, 3.8) is 0 Å². The highest BCUT2D eigenvalue weighted by Gasteiger charge is 2.17. The summed E-state index contributed by atoms with van der Waals surface area (Å²) < 4.78 is 18.1. The fraction of sp³-hybridized carbons (Fsp3) is 0. The lowest BCUT2D eigenvalue weighted by Crippen LogP contribution is -1.98. The van der Waals surface area contributed by atoms with Gasteiger partial charge in [0.05, 0.1) is 17.3 Å². The van der Waals surface area contributed by atoms with Crippen LogP contribution in [-0.4, -0.2) is 14.9 Å². The second kappa shape index (κ2) is 4.62. The molecule has 1 aromatic heterocycles. The SMILES string of the molecule is Nc1cncc(Oc2cc(F)ccc2[N+](=O)[O-])n1. The Morgan fingerprint density at radius 1 is 1.39 bits per heavy atom. The fourth-order valence-corrected chi connectivity index (χ4v) is 1.24. The predicted molar refractivity (Wildman–Crippen MR) is 59.6 cm³/mol. The number of benzene rings is 1. The number of ether oxygens (including phenoxy) is 1. The van der Waals surface area contributed by atoms with Crippen molar-refractivity contribution in [3.05, 3.63) is 46.5 Å². The van der Waals surface area contributed by atoms with Crippen LogP contribution in [0.2, 0.25) is 0 Å². The standard InChI is InChI=1S/C10H7FN4O3/c11-6-1-2-7(15(16)17)8(3-6)18-10-5-13-4-9(12)14-10/h1-5H,(H2,12,14). The normalized spacial score (nSPS) is 10.1. The lowest BCUT2D eigenvalue weighted by atomic mass is 10.3. The van der Waals surface area contributed by atoms with Gasteiger partial charge in [-0.1, -0.05) is 0 Å². The summed E-state index contributed by atoms with van der Waals surface area (Å²) in [5.74, 6) is -0.886. The lowest BCUT2D eigenvalue weighted by molar-refractivity contribution is -0.385. The summed E-state index contributed by atoms with van der Waals surface area (Å²) in [7, 11) is 0. The molecule has 0 atom stereocenters. The number of hydrogen-bond donors (Lipinski definition) is 1. The minimum atomic E-state index is -0.686. The van der Waals surface area contributed by atoms with Crippen LogP contribution in [0.3, 0.4) is 0 Å². The Labute approximate surface area is 100 Å². The van der Waals surface area contributed by atoms with E-state index in [9.17, 15) is 14.5 Å². The van der Waals surface area contributed by atoms with E-state index >= 15 is 0 Å². The number of rotatable bonds is 3. The van der Waals surface area contributed by atoms with E-state index in [1.165, 1.54) is 12.4 Å². The highest BCUT2D eigenvalue weighted by atomic mass is 19.1. The van der Waals surface area contributed by atoms with Crippen LogP contribution < -0.4 is 10.5 Å². The van der Waals surface area contributed by atoms with Crippen LogP contribution in [-0.2, 0) is 0 Å². The van der Waals surface area contributed by atoms with E-state index in [1.807, 2.05) is 0 Å². The maximum atomic E-state index is 13.0. The number of halogens is 1. The van der Waals surface area contributed by atoms with Crippen molar-refractivity contribution in [2.75, 3.05) is 5.73 Å². The molecular weight excluding hydrogens is 243 g/mol. The molecular formula is C10H7FN4O3. The third-order valence-electron chi connectivity index (χ3n) is 1.96. The average Bonchev–Trinajstić information content (AvgIpc) is 2.28. The molecule has 1 aromatic carbocycles. The first-order chi connectivity index (χ1) is 8.56. The largest absolute Gasteiger partial charge is 0.430 e. The Hall–Kier alpha value is -2.77. The zero-order valence-electron chi connectivity index (χ0n) is 8.91. The molecule has 8 heteroatoms. The smallest absolute Gasteiger partial charge is 0.311 e. The number of nitro benzene ring substituents is 1. The molecule has 2 rings (SSSR count). The molecule has 0 saturated carbocycles. The maximum absolute atomic E-state index is 13.0. The van der Waals surface area contributed by atoms with Gasteiger partial charge >= 0.3 is 5.69 Å². The lowest BCUT2D eigenvalue weighted by Gasteiger charge is -2.05. The molecule has 7 nitrogen and oxygen atoms in total. The van der Waals surface area contributed by atoms with Gasteiger partial charge in [-0.05, 0) is 6.07 Å². The Balaban J connectivity index is 2.39. The van der Waals surface area contributed by atoms with Crippen molar-refractivity contribution >= 4 is 11.5 Å². The van der Waals surface area contributed by atoms with Gasteiger partial charge in [0.15, 0.2) is 0 Å². The molecule has 1 heterocycles. The van der Waals surface area contributed by atoms with E-state index in [1.54, 1.807) is 0 Å². The molecule has 92 valence electrons. The molecule has 18 heavy (non-hydrogen) atoms. The van der Waals surface area contributed by atoms with Crippen LogP contribution in [0, 0.1) is 15.9 Å². The number of nitrogens with two attached hydrogens (primary N) is 1. The summed E-state index contributed by atoms with van der Waals surface area (Å²) in [4.78, 5) is 17.5. The highest BCUT2D eigenvalue weighted by Crippen LogP contribution is 2.30. The van der Waals surface area contributed by atoms with Crippen molar-refractivity contribution < 1.29 is 14.1 Å². The summed E-state index contributed by atoms with van der Waals surface area (Å²) in [6.07, 6.45) is 2.50. The van der Waals surface area contributed by atoms with E-state index in [2.05, 4.69) is 9.97 Å². The second-order valence-corrected chi connectivity index (χ2v) is 3.25. The third-order valence-corrected chi connectivity index (χ3v) is 1.96. The maximum Gasteiger partial charge on any atom is 0.311 e. The Morgan fingerprint density at radius 3 is 2.83 bits per heavy atom. The van der Waals surface area contributed by atoms with Crippen molar-refractivity contribution in [2.24, 2.45) is 0 Å². The van der Waals surface area contributed by atoms with Crippen molar-refractivity contribution in [3.8, 4) is 11.6 Å². The van der Waals surface area contributed by atoms with Gasteiger partial charge < -0.3 is 10.5 Å². The highest BCUT2D eigenvalue weighted by molar-refractivity contribution is 5.47. The minimum Gasteiger partial charge on any atom is -0.430 e. The monoisotopic (exact) mass is 250 g/mol. The molecule has 0 unspecified atom stereocenters. The van der Waals surface area contributed by atoms with E-state index in [-0.39, 0.29) is 23.1 Å². The van der Waals surface area contributed by atoms with Crippen LogP contribution in [0.25, 0.3) is 0 Å². The first-order valence-electron chi connectivity index (χ1n) is 4.75. The van der Waals surface area contributed by atoms with Crippen LogP contribution in [0.5, 0.6) is 11.6 Å². The van der Waals surface area contributed by atoms with Gasteiger partial charge in [0.25, 0.3) is 0 Å². The number of hydrogen-bond acceptors (Lipinski definition) is 6. The van der Waals surface area contributed by atoms with Gasteiger partial charge in [-0.2, -0.15) is 4.98 Å². The number of nitro groups is 1. The van der Waals surface area contributed by atoms with Gasteiger partial charge in [-0.15, -0.1) is 0 Å². The average molecular weight is 250 g/mol. The van der Waals surface area contributed by atoms with Gasteiger partial charge in [-0.25, -0.2) is 4.39 Å². The molecule has 0 amide bonds. The van der Waals surface area contributed by atoms with Crippen LogP contribution in [0.15, 0.2) is 30.6 Å².